The fourth-order valence-electron chi connectivity index (χ4n) is 1.83. The number of anilines is 2. The summed E-state index contributed by atoms with van der Waals surface area (Å²) in [4.78, 5) is 12.0. The van der Waals surface area contributed by atoms with Crippen LogP contribution in [0.3, 0.4) is 0 Å². The van der Waals surface area contributed by atoms with E-state index in [1.54, 1.807) is 24.3 Å². The van der Waals surface area contributed by atoms with Crippen molar-refractivity contribution in [2.75, 3.05) is 36.0 Å². The van der Waals surface area contributed by atoms with Crippen LogP contribution in [0, 0.1) is 0 Å². The molecule has 1 unspecified atom stereocenters. The zero-order valence-corrected chi connectivity index (χ0v) is 11.9. The van der Waals surface area contributed by atoms with Crippen LogP contribution in [0.5, 0.6) is 0 Å². The van der Waals surface area contributed by atoms with Crippen molar-refractivity contribution in [3.63, 3.8) is 0 Å². The molecule has 1 saturated heterocycles. The summed E-state index contributed by atoms with van der Waals surface area (Å²) in [5.74, 6) is -0.306. The van der Waals surface area contributed by atoms with Crippen molar-refractivity contribution in [3.8, 4) is 0 Å². The summed E-state index contributed by atoms with van der Waals surface area (Å²) in [7, 11) is -3.41. The Morgan fingerprint density at radius 3 is 2.65 bits per heavy atom. The first-order valence-electron chi connectivity index (χ1n) is 6.16. The van der Waals surface area contributed by atoms with Gasteiger partial charge in [0.25, 0.3) is 5.91 Å². The Labute approximate surface area is 117 Å². The van der Waals surface area contributed by atoms with E-state index in [0.717, 1.165) is 12.8 Å². The van der Waals surface area contributed by atoms with Gasteiger partial charge in [-0.3, -0.25) is 9.52 Å². The monoisotopic (exact) mass is 299 g/mol. The fourth-order valence-corrected chi connectivity index (χ4v) is 2.41. The van der Waals surface area contributed by atoms with Gasteiger partial charge in [0, 0.05) is 13.1 Å². The Morgan fingerprint density at radius 2 is 2.05 bits per heavy atom. The Bertz CT molecular complexity index is 582. The lowest BCUT2D eigenvalue weighted by Crippen LogP contribution is -2.45. The van der Waals surface area contributed by atoms with Gasteiger partial charge < -0.3 is 15.4 Å². The van der Waals surface area contributed by atoms with Gasteiger partial charge in [-0.05, 0) is 12.1 Å². The van der Waals surface area contributed by atoms with Gasteiger partial charge in [0.2, 0.25) is 10.0 Å². The minimum absolute atomic E-state index is 0.306. The molecule has 0 radical (unpaired) electrons. The smallest absolute Gasteiger partial charge is 0.254 e. The van der Waals surface area contributed by atoms with Crippen LogP contribution in [0.1, 0.15) is 0 Å². The summed E-state index contributed by atoms with van der Waals surface area (Å²) in [5.41, 5.74) is 0.726. The SMILES string of the molecule is CS(=O)(=O)Nc1ccccc1NC(=O)C1CNCCO1. The van der Waals surface area contributed by atoms with Gasteiger partial charge >= 0.3 is 0 Å². The second-order valence-electron chi connectivity index (χ2n) is 4.47. The number of amides is 1. The molecule has 0 saturated carbocycles. The maximum Gasteiger partial charge on any atom is 0.254 e. The molecular weight excluding hydrogens is 282 g/mol. The number of carbonyl (C=O) groups excluding carboxylic acids is 1. The van der Waals surface area contributed by atoms with Crippen molar-refractivity contribution in [3.05, 3.63) is 24.3 Å². The van der Waals surface area contributed by atoms with E-state index in [9.17, 15) is 13.2 Å². The topological polar surface area (TPSA) is 96.5 Å². The summed E-state index contributed by atoms with van der Waals surface area (Å²) in [6, 6.07) is 6.60. The van der Waals surface area contributed by atoms with Crippen molar-refractivity contribution in [1.29, 1.82) is 0 Å². The highest BCUT2D eigenvalue weighted by molar-refractivity contribution is 7.92. The second kappa shape index (κ2) is 6.21. The number of carbonyl (C=O) groups is 1. The summed E-state index contributed by atoms with van der Waals surface area (Å²) in [5, 5.41) is 5.73. The number of morpholine rings is 1. The van der Waals surface area contributed by atoms with Gasteiger partial charge in [-0.15, -0.1) is 0 Å². The molecule has 0 spiro atoms. The first kappa shape index (κ1) is 14.8. The molecule has 2 rings (SSSR count). The average molecular weight is 299 g/mol. The third kappa shape index (κ3) is 4.19. The van der Waals surface area contributed by atoms with Gasteiger partial charge in [-0.1, -0.05) is 12.1 Å². The van der Waals surface area contributed by atoms with E-state index in [2.05, 4.69) is 15.4 Å². The highest BCUT2D eigenvalue weighted by Crippen LogP contribution is 2.22. The molecule has 1 amide bonds. The number of rotatable bonds is 4. The van der Waals surface area contributed by atoms with Crippen LogP contribution in [0.25, 0.3) is 0 Å². The maximum atomic E-state index is 12.0. The number of ether oxygens (including phenoxy) is 1. The molecule has 1 heterocycles. The van der Waals surface area contributed by atoms with Crippen LogP contribution in [0.4, 0.5) is 11.4 Å². The number of para-hydroxylation sites is 2. The van der Waals surface area contributed by atoms with Crippen molar-refractivity contribution in [2.45, 2.75) is 6.10 Å². The molecule has 1 aliphatic heterocycles. The van der Waals surface area contributed by atoms with E-state index in [1.807, 2.05) is 0 Å². The molecule has 0 bridgehead atoms. The molecule has 110 valence electrons. The van der Waals surface area contributed by atoms with E-state index >= 15 is 0 Å². The summed E-state index contributed by atoms with van der Waals surface area (Å²) >= 11 is 0. The molecule has 20 heavy (non-hydrogen) atoms. The zero-order valence-electron chi connectivity index (χ0n) is 11.0. The van der Waals surface area contributed by atoms with E-state index < -0.39 is 16.1 Å². The lowest BCUT2D eigenvalue weighted by atomic mass is 10.2. The van der Waals surface area contributed by atoms with Crippen LogP contribution in [-0.2, 0) is 19.6 Å². The van der Waals surface area contributed by atoms with E-state index in [1.165, 1.54) is 0 Å². The number of benzene rings is 1. The third-order valence-corrected chi connectivity index (χ3v) is 3.29. The van der Waals surface area contributed by atoms with E-state index in [0.29, 0.717) is 24.5 Å². The van der Waals surface area contributed by atoms with E-state index in [-0.39, 0.29) is 5.91 Å². The van der Waals surface area contributed by atoms with E-state index in [4.69, 9.17) is 4.74 Å². The number of hydrogen-bond acceptors (Lipinski definition) is 5. The Kier molecular flexibility index (Phi) is 4.58. The van der Waals surface area contributed by atoms with Crippen molar-refractivity contribution >= 4 is 27.3 Å². The highest BCUT2D eigenvalue weighted by Gasteiger charge is 2.22. The Balaban J connectivity index is 2.10. The zero-order chi connectivity index (χ0) is 14.6. The normalized spacial score (nSPS) is 19.4. The summed E-state index contributed by atoms with van der Waals surface area (Å²) < 4.78 is 30.3. The predicted molar refractivity (Wildman–Crippen MR) is 76.1 cm³/mol. The number of nitrogens with one attached hydrogen (secondary N) is 3. The average Bonchev–Trinajstić information content (AvgIpc) is 2.40. The molecular formula is C12H17N3O4S. The molecule has 3 N–H and O–H groups in total. The lowest BCUT2D eigenvalue weighted by molar-refractivity contribution is -0.128. The van der Waals surface area contributed by atoms with Crippen LogP contribution in [0.2, 0.25) is 0 Å². The van der Waals surface area contributed by atoms with Crippen molar-refractivity contribution in [2.24, 2.45) is 0 Å². The summed E-state index contributed by atoms with van der Waals surface area (Å²) in [6.45, 7) is 1.63. The lowest BCUT2D eigenvalue weighted by Gasteiger charge is -2.23. The first-order chi connectivity index (χ1) is 9.46. The van der Waals surface area contributed by atoms with Gasteiger partial charge in [-0.25, -0.2) is 8.42 Å². The van der Waals surface area contributed by atoms with Crippen LogP contribution in [-0.4, -0.2) is 46.4 Å². The molecule has 0 aliphatic carbocycles. The predicted octanol–water partition coefficient (Wildman–Crippen LogP) is -0.0150. The molecule has 1 fully saturated rings. The minimum Gasteiger partial charge on any atom is -0.366 e. The molecule has 1 aromatic carbocycles. The standard InChI is InChI=1S/C12H17N3O4S/c1-20(17,18)15-10-5-3-2-4-9(10)14-12(16)11-8-13-6-7-19-11/h2-5,11,13,15H,6-8H2,1H3,(H,14,16). The minimum atomic E-state index is -3.41. The highest BCUT2D eigenvalue weighted by atomic mass is 32.2. The maximum absolute atomic E-state index is 12.0. The van der Waals surface area contributed by atoms with Crippen LogP contribution >= 0.6 is 0 Å². The van der Waals surface area contributed by atoms with Gasteiger partial charge in [0.05, 0.1) is 24.2 Å². The molecule has 0 aromatic heterocycles. The quantitative estimate of drug-likeness (QED) is 0.726. The number of sulfonamides is 1. The summed E-state index contributed by atoms with van der Waals surface area (Å²) in [6.07, 6.45) is 0.481. The van der Waals surface area contributed by atoms with Crippen LogP contribution in [0.15, 0.2) is 24.3 Å². The third-order valence-electron chi connectivity index (χ3n) is 2.70. The molecule has 8 heteroatoms. The molecule has 1 atom stereocenters. The largest absolute Gasteiger partial charge is 0.366 e. The van der Waals surface area contributed by atoms with Gasteiger partial charge in [-0.2, -0.15) is 0 Å². The molecule has 7 nitrogen and oxygen atoms in total. The second-order valence-corrected chi connectivity index (χ2v) is 6.22. The van der Waals surface area contributed by atoms with Gasteiger partial charge in [0.15, 0.2) is 0 Å². The number of hydrogen-bond donors (Lipinski definition) is 3. The fraction of sp³-hybridized carbons (Fsp3) is 0.417. The van der Waals surface area contributed by atoms with Gasteiger partial charge in [0.1, 0.15) is 6.10 Å². The molecule has 1 aromatic rings. The Morgan fingerprint density at radius 1 is 1.35 bits per heavy atom. The van der Waals surface area contributed by atoms with Crippen molar-refractivity contribution in [1.82, 2.24) is 5.32 Å². The molecule has 1 aliphatic rings. The van der Waals surface area contributed by atoms with Crippen molar-refractivity contribution < 1.29 is 17.9 Å². The first-order valence-corrected chi connectivity index (χ1v) is 8.05. The Hall–Kier alpha value is -1.64. The van der Waals surface area contributed by atoms with Crippen LogP contribution < -0.4 is 15.4 Å².